The third-order valence-corrected chi connectivity index (χ3v) is 7.07. The number of aryl methyl sites for hydroxylation is 1. The van der Waals surface area contributed by atoms with E-state index in [2.05, 4.69) is 15.1 Å². The number of nitrogens with zero attached hydrogens (tertiary/aromatic N) is 7. The van der Waals surface area contributed by atoms with Crippen molar-refractivity contribution >= 4 is 39.8 Å². The van der Waals surface area contributed by atoms with Gasteiger partial charge in [-0.15, -0.1) is 10.2 Å². The van der Waals surface area contributed by atoms with Crippen molar-refractivity contribution in [3.8, 4) is 0 Å². The van der Waals surface area contributed by atoms with Gasteiger partial charge in [0.1, 0.15) is 17.5 Å². The van der Waals surface area contributed by atoms with E-state index in [1.54, 1.807) is 10.5 Å². The standard InChI is InChI=1S/C25H24F3N7O/c1-15-30-31-25-29-23(21-17(26)6-2-9-20(21)35(15)25)34-10-4-5-16-18(7-3-8-19(16)34)32-11-13-33(14-12-32)24(36)22(27)28/h2-3,6-9,22H,4-5,10-14H2,1H3. The Morgan fingerprint density at radius 3 is 2.50 bits per heavy atom. The van der Waals surface area contributed by atoms with Crippen LogP contribution in [-0.4, -0.2) is 69.5 Å². The monoisotopic (exact) mass is 495 g/mol. The number of fused-ring (bicyclic) bond motifs is 4. The summed E-state index contributed by atoms with van der Waals surface area (Å²) in [7, 11) is 0. The first kappa shape index (κ1) is 22.6. The molecular formula is C25H24F3N7O. The Morgan fingerprint density at radius 1 is 0.972 bits per heavy atom. The number of hydrogen-bond acceptors (Lipinski definition) is 6. The maximum Gasteiger partial charge on any atom is 0.315 e. The Hall–Kier alpha value is -3.89. The Morgan fingerprint density at radius 2 is 1.72 bits per heavy atom. The Labute approximate surface area is 204 Å². The molecule has 0 saturated carbocycles. The van der Waals surface area contributed by atoms with E-state index in [9.17, 15) is 13.6 Å². The minimum absolute atomic E-state index is 0.247. The summed E-state index contributed by atoms with van der Waals surface area (Å²) in [6.07, 6.45) is -1.32. The van der Waals surface area contributed by atoms with Crippen LogP contribution in [0.4, 0.5) is 30.4 Å². The first-order chi connectivity index (χ1) is 17.4. The molecule has 6 rings (SSSR count). The number of anilines is 3. The maximum absolute atomic E-state index is 15.3. The van der Waals surface area contributed by atoms with Gasteiger partial charge >= 0.3 is 6.43 Å². The van der Waals surface area contributed by atoms with Crippen LogP contribution < -0.4 is 9.80 Å². The van der Waals surface area contributed by atoms with Gasteiger partial charge in [0.25, 0.3) is 11.7 Å². The number of carbonyl (C=O) groups is 1. The van der Waals surface area contributed by atoms with Crippen molar-refractivity contribution in [2.45, 2.75) is 26.2 Å². The number of benzene rings is 2. The molecule has 2 aromatic heterocycles. The van der Waals surface area contributed by atoms with Crippen LogP contribution in [0.3, 0.4) is 0 Å². The molecule has 0 atom stereocenters. The fraction of sp³-hybridized carbons (Fsp3) is 0.360. The van der Waals surface area contributed by atoms with Crippen LogP contribution in [0, 0.1) is 12.7 Å². The summed E-state index contributed by atoms with van der Waals surface area (Å²) in [6.45, 7) is 3.90. The van der Waals surface area contributed by atoms with Gasteiger partial charge in [-0.1, -0.05) is 12.1 Å². The fourth-order valence-electron chi connectivity index (χ4n) is 5.40. The smallest absolute Gasteiger partial charge is 0.315 e. The molecule has 36 heavy (non-hydrogen) atoms. The number of aromatic nitrogens is 4. The number of amides is 1. The van der Waals surface area contributed by atoms with Crippen molar-refractivity contribution in [2.24, 2.45) is 0 Å². The van der Waals surface area contributed by atoms with Crippen molar-refractivity contribution in [1.82, 2.24) is 24.5 Å². The molecule has 0 N–H and O–H groups in total. The molecule has 2 aliphatic rings. The Balaban J connectivity index is 1.41. The first-order valence-corrected chi connectivity index (χ1v) is 12.0. The number of piperazine rings is 1. The molecule has 0 aliphatic carbocycles. The zero-order valence-electron chi connectivity index (χ0n) is 19.7. The second-order valence-corrected chi connectivity index (χ2v) is 9.10. The van der Waals surface area contributed by atoms with Gasteiger partial charge in [0, 0.05) is 44.1 Å². The highest BCUT2D eigenvalue weighted by atomic mass is 19.3. The van der Waals surface area contributed by atoms with Crippen LogP contribution in [0.2, 0.25) is 0 Å². The first-order valence-electron chi connectivity index (χ1n) is 12.0. The Bertz CT molecular complexity index is 1480. The zero-order chi connectivity index (χ0) is 25.0. The molecule has 0 unspecified atom stereocenters. The largest absolute Gasteiger partial charge is 0.368 e. The predicted octanol–water partition coefficient (Wildman–Crippen LogP) is 3.72. The van der Waals surface area contributed by atoms with Gasteiger partial charge in [0.15, 0.2) is 0 Å². The third-order valence-electron chi connectivity index (χ3n) is 7.07. The quantitative estimate of drug-likeness (QED) is 0.432. The average molecular weight is 496 g/mol. The van der Waals surface area contributed by atoms with Crippen molar-refractivity contribution in [2.75, 3.05) is 42.5 Å². The number of carbonyl (C=O) groups excluding carboxylic acids is 1. The minimum Gasteiger partial charge on any atom is -0.368 e. The van der Waals surface area contributed by atoms with Gasteiger partial charge in [-0.3, -0.25) is 9.20 Å². The van der Waals surface area contributed by atoms with Crippen LogP contribution in [0.5, 0.6) is 0 Å². The number of halogens is 3. The Kier molecular flexibility index (Phi) is 5.42. The summed E-state index contributed by atoms with van der Waals surface area (Å²) >= 11 is 0. The topological polar surface area (TPSA) is 69.9 Å². The molecule has 11 heteroatoms. The SMILES string of the molecule is Cc1nnc2nc(N3CCCc4c(N5CCN(C(=O)C(F)F)CC5)cccc43)c3c(F)cccc3n12. The fourth-order valence-corrected chi connectivity index (χ4v) is 5.40. The lowest BCUT2D eigenvalue weighted by molar-refractivity contribution is -0.143. The van der Waals surface area contributed by atoms with Crippen molar-refractivity contribution in [3.05, 3.63) is 53.6 Å². The summed E-state index contributed by atoms with van der Waals surface area (Å²) in [6, 6.07) is 10.9. The summed E-state index contributed by atoms with van der Waals surface area (Å²) < 4.78 is 42.7. The number of rotatable bonds is 3. The molecule has 1 fully saturated rings. The lowest BCUT2D eigenvalue weighted by atomic mass is 9.98. The van der Waals surface area contributed by atoms with E-state index >= 15 is 4.39 Å². The van der Waals surface area contributed by atoms with Crippen LogP contribution in [0.1, 0.15) is 17.8 Å². The van der Waals surface area contributed by atoms with E-state index in [1.165, 1.54) is 11.0 Å². The summed E-state index contributed by atoms with van der Waals surface area (Å²) in [4.78, 5) is 21.8. The highest BCUT2D eigenvalue weighted by Gasteiger charge is 2.30. The molecule has 4 heterocycles. The minimum atomic E-state index is -2.98. The average Bonchev–Trinajstić information content (AvgIpc) is 3.28. The molecule has 2 aromatic carbocycles. The molecule has 0 bridgehead atoms. The molecule has 8 nitrogen and oxygen atoms in total. The van der Waals surface area contributed by atoms with Gasteiger partial charge in [-0.25, -0.2) is 4.39 Å². The highest BCUT2D eigenvalue weighted by Crippen LogP contribution is 2.41. The second-order valence-electron chi connectivity index (χ2n) is 9.10. The lowest BCUT2D eigenvalue weighted by Crippen LogP contribution is -2.50. The molecule has 0 spiro atoms. The van der Waals surface area contributed by atoms with Crippen molar-refractivity contribution in [1.29, 1.82) is 0 Å². The lowest BCUT2D eigenvalue weighted by Gasteiger charge is -2.39. The normalized spacial score (nSPS) is 16.3. The van der Waals surface area contributed by atoms with E-state index in [1.807, 2.05) is 36.1 Å². The summed E-state index contributed by atoms with van der Waals surface area (Å²) in [5.41, 5.74) is 3.69. The summed E-state index contributed by atoms with van der Waals surface area (Å²) in [5, 5.41) is 8.74. The molecule has 1 saturated heterocycles. The van der Waals surface area contributed by atoms with Crippen molar-refractivity contribution in [3.63, 3.8) is 0 Å². The third kappa shape index (κ3) is 3.52. The van der Waals surface area contributed by atoms with Crippen LogP contribution in [0.25, 0.3) is 16.7 Å². The van der Waals surface area contributed by atoms with Gasteiger partial charge < -0.3 is 14.7 Å². The maximum atomic E-state index is 15.3. The summed E-state index contributed by atoms with van der Waals surface area (Å²) in [5.74, 6) is 0.0469. The van der Waals surface area contributed by atoms with E-state index in [-0.39, 0.29) is 18.9 Å². The van der Waals surface area contributed by atoms with Gasteiger partial charge in [0.05, 0.1) is 10.9 Å². The number of alkyl halides is 2. The predicted molar refractivity (Wildman–Crippen MR) is 130 cm³/mol. The van der Waals surface area contributed by atoms with Crippen LogP contribution in [0.15, 0.2) is 36.4 Å². The van der Waals surface area contributed by atoms with Gasteiger partial charge in [0.2, 0.25) is 0 Å². The van der Waals surface area contributed by atoms with Crippen LogP contribution in [-0.2, 0) is 11.2 Å². The van der Waals surface area contributed by atoms with E-state index in [0.717, 1.165) is 29.8 Å². The van der Waals surface area contributed by atoms with Gasteiger partial charge in [-0.2, -0.15) is 13.8 Å². The van der Waals surface area contributed by atoms with E-state index in [4.69, 9.17) is 4.98 Å². The molecule has 4 aromatic rings. The van der Waals surface area contributed by atoms with E-state index < -0.39 is 12.3 Å². The van der Waals surface area contributed by atoms with E-state index in [0.29, 0.717) is 48.0 Å². The van der Waals surface area contributed by atoms with Crippen molar-refractivity contribution < 1.29 is 18.0 Å². The van der Waals surface area contributed by atoms with Crippen LogP contribution >= 0.6 is 0 Å². The number of hydrogen-bond donors (Lipinski definition) is 0. The molecular weight excluding hydrogens is 471 g/mol. The second kappa shape index (κ2) is 8.65. The zero-order valence-corrected chi connectivity index (χ0v) is 19.7. The van der Waals surface area contributed by atoms with Gasteiger partial charge in [-0.05, 0) is 49.6 Å². The molecule has 186 valence electrons. The highest BCUT2D eigenvalue weighted by molar-refractivity contribution is 5.95. The molecule has 1 amide bonds. The molecule has 0 radical (unpaired) electrons. The molecule has 2 aliphatic heterocycles.